The Bertz CT molecular complexity index is 1110. The minimum Gasteiger partial charge on any atom is -0.354 e. The average Bonchev–Trinajstić information content (AvgIpc) is 3.09. The van der Waals surface area contributed by atoms with Crippen LogP contribution in [0.2, 0.25) is 0 Å². The minimum absolute atomic E-state index is 0.0105. The minimum atomic E-state index is -4.47. The van der Waals surface area contributed by atoms with Gasteiger partial charge in [0, 0.05) is 36.0 Å². The highest BCUT2D eigenvalue weighted by atomic mass is 19.4. The van der Waals surface area contributed by atoms with Crippen LogP contribution in [0.3, 0.4) is 0 Å². The van der Waals surface area contributed by atoms with Gasteiger partial charge in [0.05, 0.1) is 23.1 Å². The summed E-state index contributed by atoms with van der Waals surface area (Å²) in [6.45, 7) is 5.48. The summed E-state index contributed by atoms with van der Waals surface area (Å²) < 4.78 is 40.2. The number of hydrogen-bond acceptors (Lipinski definition) is 4. The molecule has 1 aromatic carbocycles. The molecule has 9 heteroatoms. The Kier molecular flexibility index (Phi) is 5.15. The lowest BCUT2D eigenvalue weighted by Crippen LogP contribution is -2.28. The second-order valence-electron chi connectivity index (χ2n) is 6.58. The molecular formula is C20H19F3N6. The number of aromatic amines is 1. The maximum atomic E-state index is 13.4. The van der Waals surface area contributed by atoms with Crippen molar-refractivity contribution < 1.29 is 13.2 Å². The number of anilines is 1. The Morgan fingerprint density at radius 1 is 1.28 bits per heavy atom. The molecular weight excluding hydrogens is 381 g/mol. The zero-order valence-corrected chi connectivity index (χ0v) is 15.8. The molecule has 0 aliphatic heterocycles. The van der Waals surface area contributed by atoms with E-state index < -0.39 is 11.7 Å². The number of amidine groups is 1. The van der Waals surface area contributed by atoms with Gasteiger partial charge in [-0.05, 0) is 25.1 Å². The summed E-state index contributed by atoms with van der Waals surface area (Å²) in [5, 5.41) is 18.6. The van der Waals surface area contributed by atoms with Crippen molar-refractivity contribution in [3.8, 4) is 11.3 Å². The number of alkyl halides is 3. The van der Waals surface area contributed by atoms with Crippen LogP contribution in [0.1, 0.15) is 11.1 Å². The third kappa shape index (κ3) is 4.13. The summed E-state index contributed by atoms with van der Waals surface area (Å²) in [5.41, 5.74) is 1.24. The van der Waals surface area contributed by atoms with Crippen LogP contribution in [0.15, 0.2) is 48.8 Å². The molecule has 6 nitrogen and oxygen atoms in total. The molecule has 0 bridgehead atoms. The monoisotopic (exact) mass is 400 g/mol. The summed E-state index contributed by atoms with van der Waals surface area (Å²) in [4.78, 5) is 8.50. The van der Waals surface area contributed by atoms with Crippen LogP contribution in [-0.2, 0) is 6.18 Å². The number of pyridine rings is 1. The van der Waals surface area contributed by atoms with Gasteiger partial charge in [0.15, 0.2) is 0 Å². The van der Waals surface area contributed by atoms with E-state index >= 15 is 0 Å². The standard InChI is InChI=1S/C20H19F3N6/c1-11-4-5-15(20(21,22)23)14(6-11)17-7-13-9-26-18(8-16(13)28-17)27-12(2)19(25)29(3)10-24/h4-10,24-25,28H,2H2,1,3H3,(H,26,27). The molecule has 2 heterocycles. The predicted octanol–water partition coefficient (Wildman–Crippen LogP) is 5.00. The van der Waals surface area contributed by atoms with E-state index in [1.807, 2.05) is 0 Å². The molecule has 3 rings (SSSR count). The highest BCUT2D eigenvalue weighted by molar-refractivity contribution is 6.03. The molecule has 0 aliphatic rings. The smallest absolute Gasteiger partial charge is 0.354 e. The van der Waals surface area contributed by atoms with Crippen molar-refractivity contribution in [3.05, 3.63) is 59.9 Å². The molecule has 29 heavy (non-hydrogen) atoms. The quantitative estimate of drug-likeness (QED) is 0.359. The van der Waals surface area contributed by atoms with E-state index in [-0.39, 0.29) is 17.1 Å². The lowest BCUT2D eigenvalue weighted by molar-refractivity contribution is -0.137. The number of likely N-dealkylation sites (N-methyl/N-ethyl adjacent to an activating group) is 1. The molecule has 0 saturated carbocycles. The molecule has 0 unspecified atom stereocenters. The third-order valence-corrected chi connectivity index (χ3v) is 4.39. The van der Waals surface area contributed by atoms with Gasteiger partial charge in [0.1, 0.15) is 11.7 Å². The molecule has 2 aromatic heterocycles. The lowest BCUT2D eigenvalue weighted by atomic mass is 10.0. The van der Waals surface area contributed by atoms with Gasteiger partial charge < -0.3 is 15.2 Å². The van der Waals surface area contributed by atoms with Crippen molar-refractivity contribution >= 4 is 28.9 Å². The van der Waals surface area contributed by atoms with Crippen molar-refractivity contribution in [2.75, 3.05) is 12.4 Å². The summed E-state index contributed by atoms with van der Waals surface area (Å²) >= 11 is 0. The van der Waals surface area contributed by atoms with Crippen LogP contribution >= 0.6 is 0 Å². The van der Waals surface area contributed by atoms with Crippen molar-refractivity contribution in [3.63, 3.8) is 0 Å². The van der Waals surface area contributed by atoms with Crippen LogP contribution < -0.4 is 5.32 Å². The van der Waals surface area contributed by atoms with Gasteiger partial charge in [-0.25, -0.2) is 4.98 Å². The molecule has 0 radical (unpaired) electrons. The second-order valence-corrected chi connectivity index (χ2v) is 6.58. The molecule has 150 valence electrons. The summed E-state index contributed by atoms with van der Waals surface area (Å²) in [6.07, 6.45) is -1.97. The Hall–Kier alpha value is -3.62. The van der Waals surface area contributed by atoms with Gasteiger partial charge in [-0.3, -0.25) is 10.8 Å². The maximum absolute atomic E-state index is 13.4. The van der Waals surface area contributed by atoms with Crippen LogP contribution in [0.25, 0.3) is 22.2 Å². The highest BCUT2D eigenvalue weighted by Gasteiger charge is 2.34. The Balaban J connectivity index is 1.97. The van der Waals surface area contributed by atoms with E-state index in [4.69, 9.17) is 10.8 Å². The molecule has 0 saturated heterocycles. The molecule has 0 atom stereocenters. The largest absolute Gasteiger partial charge is 0.417 e. The first-order valence-corrected chi connectivity index (χ1v) is 8.55. The van der Waals surface area contributed by atoms with Gasteiger partial charge in [-0.15, -0.1) is 0 Å². The normalized spacial score (nSPS) is 11.3. The Morgan fingerprint density at radius 3 is 2.66 bits per heavy atom. The highest BCUT2D eigenvalue weighted by Crippen LogP contribution is 2.38. The first-order chi connectivity index (χ1) is 13.6. The van der Waals surface area contributed by atoms with Crippen LogP contribution in [0.4, 0.5) is 19.0 Å². The number of nitrogens with zero attached hydrogens (tertiary/aromatic N) is 2. The number of hydrogen-bond donors (Lipinski definition) is 4. The number of halogens is 3. The summed E-state index contributed by atoms with van der Waals surface area (Å²) in [7, 11) is 1.54. The van der Waals surface area contributed by atoms with Gasteiger partial charge >= 0.3 is 6.18 Å². The van der Waals surface area contributed by atoms with E-state index in [2.05, 4.69) is 21.9 Å². The van der Waals surface area contributed by atoms with Gasteiger partial charge in [-0.2, -0.15) is 13.2 Å². The molecule has 0 aliphatic carbocycles. The van der Waals surface area contributed by atoms with E-state index in [0.29, 0.717) is 22.4 Å². The van der Waals surface area contributed by atoms with Gasteiger partial charge in [0.2, 0.25) is 0 Å². The fourth-order valence-corrected chi connectivity index (χ4v) is 2.86. The molecule has 3 aromatic rings. The van der Waals surface area contributed by atoms with E-state index in [1.54, 1.807) is 19.1 Å². The summed E-state index contributed by atoms with van der Waals surface area (Å²) in [6, 6.07) is 7.26. The van der Waals surface area contributed by atoms with E-state index in [1.165, 1.54) is 30.3 Å². The van der Waals surface area contributed by atoms with Crippen molar-refractivity contribution in [2.24, 2.45) is 0 Å². The number of nitrogens with one attached hydrogen (secondary N) is 4. The first kappa shape index (κ1) is 20.1. The van der Waals surface area contributed by atoms with Crippen molar-refractivity contribution in [2.45, 2.75) is 13.1 Å². The number of benzene rings is 1. The van der Waals surface area contributed by atoms with E-state index in [0.717, 1.165) is 18.0 Å². The average molecular weight is 400 g/mol. The fourth-order valence-electron chi connectivity index (χ4n) is 2.86. The number of aromatic nitrogens is 2. The molecule has 0 spiro atoms. The first-order valence-electron chi connectivity index (χ1n) is 8.55. The topological polar surface area (TPSA) is 91.7 Å². The number of aryl methyl sites for hydroxylation is 1. The Morgan fingerprint density at radius 2 is 2.00 bits per heavy atom. The second kappa shape index (κ2) is 7.42. The fraction of sp³-hybridized carbons (Fsp3) is 0.150. The van der Waals surface area contributed by atoms with Crippen LogP contribution in [0, 0.1) is 17.7 Å². The SMILES string of the molecule is C=C(Nc1cc2[nH]c(-c3cc(C)ccc3C(F)(F)F)cc2cn1)C(=N)N(C)C=N. The maximum Gasteiger partial charge on any atom is 0.417 e. The van der Waals surface area contributed by atoms with Crippen molar-refractivity contribution in [1.29, 1.82) is 10.8 Å². The molecule has 0 amide bonds. The van der Waals surface area contributed by atoms with Gasteiger partial charge in [-0.1, -0.05) is 18.2 Å². The van der Waals surface area contributed by atoms with Crippen LogP contribution in [0.5, 0.6) is 0 Å². The zero-order chi connectivity index (χ0) is 21.3. The van der Waals surface area contributed by atoms with E-state index in [9.17, 15) is 13.2 Å². The van der Waals surface area contributed by atoms with Crippen molar-refractivity contribution in [1.82, 2.24) is 14.9 Å². The van der Waals surface area contributed by atoms with Gasteiger partial charge in [0.25, 0.3) is 0 Å². The number of fused-ring (bicyclic) bond motifs is 1. The lowest BCUT2D eigenvalue weighted by Gasteiger charge is -2.16. The third-order valence-electron chi connectivity index (χ3n) is 4.39. The number of H-pyrrole nitrogens is 1. The summed E-state index contributed by atoms with van der Waals surface area (Å²) in [5.74, 6) is 0.364. The Labute approximate surface area is 165 Å². The molecule has 0 fully saturated rings. The van der Waals surface area contributed by atoms with Crippen LogP contribution in [-0.4, -0.2) is 34.1 Å². The molecule has 4 N–H and O–H groups in total. The predicted molar refractivity (Wildman–Crippen MR) is 108 cm³/mol. The zero-order valence-electron chi connectivity index (χ0n) is 15.8. The number of rotatable bonds is 5.